The molecule has 0 aliphatic rings. The third-order valence-electron chi connectivity index (χ3n) is 5.32. The highest BCUT2D eigenvalue weighted by Crippen LogP contribution is 2.31. The molecule has 0 spiro atoms. The molecule has 0 aliphatic heterocycles. The summed E-state index contributed by atoms with van der Waals surface area (Å²) in [6, 6.07) is 11.1. The Hall–Kier alpha value is -3.42. The minimum absolute atomic E-state index is 0.164. The van der Waals surface area contributed by atoms with Gasteiger partial charge in [-0.15, -0.1) is 0 Å². The summed E-state index contributed by atoms with van der Waals surface area (Å²) in [5, 5.41) is 9.12. The highest BCUT2D eigenvalue weighted by atomic mass is 32.2. The molecule has 0 saturated carbocycles. The lowest BCUT2D eigenvalue weighted by Gasteiger charge is -2.24. The Morgan fingerprint density at radius 1 is 1.14 bits per heavy atom. The number of aromatic nitrogens is 1. The van der Waals surface area contributed by atoms with Crippen LogP contribution in [0.4, 0.5) is 13.2 Å². The molecule has 3 aromatic rings. The first-order valence-electron chi connectivity index (χ1n) is 11.0. The average Bonchev–Trinajstić information content (AvgIpc) is 3.18. The molecule has 0 atom stereocenters. The second-order valence-electron chi connectivity index (χ2n) is 8.29. The van der Waals surface area contributed by atoms with Gasteiger partial charge in [0.2, 0.25) is 5.89 Å². The first-order valence-corrected chi connectivity index (χ1v) is 12.4. The molecule has 2 aromatic carbocycles. The van der Waals surface area contributed by atoms with Gasteiger partial charge in [0.1, 0.15) is 18.1 Å². The van der Waals surface area contributed by atoms with E-state index in [2.05, 4.69) is 4.98 Å². The fraction of sp³-hybridized carbons (Fsp3) is 0.333. The number of aliphatic carboxylic acids is 1. The van der Waals surface area contributed by atoms with Crippen LogP contribution in [0.3, 0.4) is 0 Å². The van der Waals surface area contributed by atoms with Crippen LogP contribution < -0.4 is 4.74 Å². The predicted molar refractivity (Wildman–Crippen MR) is 128 cm³/mol. The summed E-state index contributed by atoms with van der Waals surface area (Å²) in [6.45, 7) is 1.03. The van der Waals surface area contributed by atoms with Gasteiger partial charge in [0.25, 0.3) is 10.2 Å². The van der Waals surface area contributed by atoms with Gasteiger partial charge in [-0.2, -0.15) is 30.2 Å². The average molecular weight is 542 g/mol. The van der Waals surface area contributed by atoms with Gasteiger partial charge < -0.3 is 14.3 Å². The third-order valence-corrected chi connectivity index (χ3v) is 7.15. The van der Waals surface area contributed by atoms with Gasteiger partial charge in [-0.25, -0.2) is 4.98 Å². The summed E-state index contributed by atoms with van der Waals surface area (Å²) < 4.78 is 76.5. The molecule has 1 N–H and O–H groups in total. The predicted octanol–water partition coefficient (Wildman–Crippen LogP) is 3.98. The van der Waals surface area contributed by atoms with Gasteiger partial charge in [0, 0.05) is 32.6 Å². The number of nitrogens with zero attached hydrogens (tertiary/aromatic N) is 3. The van der Waals surface area contributed by atoms with Crippen molar-refractivity contribution in [2.45, 2.75) is 26.1 Å². The summed E-state index contributed by atoms with van der Waals surface area (Å²) >= 11 is 0. The number of rotatable bonds is 11. The van der Waals surface area contributed by atoms with E-state index in [0.717, 1.165) is 20.7 Å². The van der Waals surface area contributed by atoms with E-state index in [9.17, 15) is 26.4 Å². The lowest BCUT2D eigenvalue weighted by atomic mass is 10.1. The minimum atomic E-state index is -4.43. The molecule has 3 rings (SSSR count). The number of hydrogen-bond acceptors (Lipinski definition) is 6. The smallest absolute Gasteiger partial charge is 0.416 e. The van der Waals surface area contributed by atoms with Crippen LogP contribution in [0.1, 0.15) is 22.6 Å². The molecular weight excluding hydrogens is 515 g/mol. The Bertz CT molecular complexity index is 1340. The molecule has 0 radical (unpaired) electrons. The normalized spacial score (nSPS) is 12.3. The lowest BCUT2D eigenvalue weighted by molar-refractivity contribution is -0.138. The number of aryl methyl sites for hydroxylation is 1. The van der Waals surface area contributed by atoms with Gasteiger partial charge in [0.15, 0.2) is 0 Å². The number of alkyl halides is 3. The Balaban J connectivity index is 1.65. The quantitative estimate of drug-likeness (QED) is 0.391. The van der Waals surface area contributed by atoms with Gasteiger partial charge in [-0.1, -0.05) is 12.1 Å². The van der Waals surface area contributed by atoms with Crippen LogP contribution in [-0.2, 0) is 34.1 Å². The van der Waals surface area contributed by atoms with Crippen LogP contribution in [0, 0.1) is 6.92 Å². The van der Waals surface area contributed by atoms with Crippen molar-refractivity contribution < 1.29 is 40.6 Å². The summed E-state index contributed by atoms with van der Waals surface area (Å²) in [6.07, 6.45) is -4.08. The Labute approximate surface area is 212 Å². The van der Waals surface area contributed by atoms with Gasteiger partial charge in [-0.05, 0) is 48.9 Å². The molecule has 1 heterocycles. The molecule has 0 aliphatic carbocycles. The molecular formula is C24H26F3N3O6S. The molecule has 37 heavy (non-hydrogen) atoms. The zero-order valence-electron chi connectivity index (χ0n) is 20.3. The molecule has 0 saturated heterocycles. The van der Waals surface area contributed by atoms with Crippen LogP contribution >= 0.6 is 0 Å². The maximum Gasteiger partial charge on any atom is 0.416 e. The number of ether oxygens (including phenoxy) is 1. The van der Waals surface area contributed by atoms with Crippen LogP contribution in [0.25, 0.3) is 11.5 Å². The number of carbonyl (C=O) groups is 1. The second kappa shape index (κ2) is 11.3. The zero-order valence-corrected chi connectivity index (χ0v) is 21.1. The van der Waals surface area contributed by atoms with Crippen molar-refractivity contribution in [1.29, 1.82) is 0 Å². The maximum absolute atomic E-state index is 12.8. The van der Waals surface area contributed by atoms with E-state index in [1.165, 1.54) is 26.2 Å². The number of hydrogen-bond donors (Lipinski definition) is 1. The van der Waals surface area contributed by atoms with E-state index in [4.69, 9.17) is 14.3 Å². The van der Waals surface area contributed by atoms with Crippen molar-refractivity contribution >= 4 is 16.2 Å². The Morgan fingerprint density at radius 2 is 1.81 bits per heavy atom. The minimum Gasteiger partial charge on any atom is -0.493 e. The highest BCUT2D eigenvalue weighted by Gasteiger charge is 2.30. The molecule has 9 nitrogen and oxygen atoms in total. The topological polar surface area (TPSA) is 113 Å². The van der Waals surface area contributed by atoms with Crippen molar-refractivity contribution in [3.05, 3.63) is 71.1 Å². The third kappa shape index (κ3) is 7.31. The van der Waals surface area contributed by atoms with Gasteiger partial charge in [0.05, 0.1) is 17.9 Å². The molecule has 1 aromatic heterocycles. The van der Waals surface area contributed by atoms with Crippen LogP contribution in [-0.4, -0.2) is 60.3 Å². The first kappa shape index (κ1) is 28.2. The zero-order chi connectivity index (χ0) is 27.4. The van der Waals surface area contributed by atoms with Crippen molar-refractivity contribution in [3.63, 3.8) is 0 Å². The van der Waals surface area contributed by atoms with Crippen molar-refractivity contribution in [3.8, 4) is 17.2 Å². The Kier molecular flexibility index (Phi) is 8.61. The fourth-order valence-electron chi connectivity index (χ4n) is 3.39. The van der Waals surface area contributed by atoms with Gasteiger partial charge in [-0.3, -0.25) is 4.79 Å². The molecule has 13 heteroatoms. The molecule has 200 valence electrons. The van der Waals surface area contributed by atoms with E-state index >= 15 is 0 Å². The molecule has 0 unspecified atom stereocenters. The summed E-state index contributed by atoms with van der Waals surface area (Å²) in [4.78, 5) is 15.5. The number of oxazole rings is 1. The maximum atomic E-state index is 12.8. The highest BCUT2D eigenvalue weighted by molar-refractivity contribution is 7.86. The van der Waals surface area contributed by atoms with E-state index in [0.29, 0.717) is 34.8 Å². The van der Waals surface area contributed by atoms with Crippen LogP contribution in [0.15, 0.2) is 52.9 Å². The summed E-state index contributed by atoms with van der Waals surface area (Å²) in [5.74, 6) is -0.134. The van der Waals surface area contributed by atoms with Crippen LogP contribution in [0.2, 0.25) is 0 Å². The Morgan fingerprint density at radius 3 is 2.41 bits per heavy atom. The summed E-state index contributed by atoms with van der Waals surface area (Å²) in [5.41, 5.74) is 0.762. The molecule has 0 fully saturated rings. The van der Waals surface area contributed by atoms with Crippen molar-refractivity contribution in [1.82, 2.24) is 13.6 Å². The van der Waals surface area contributed by atoms with E-state index < -0.39 is 34.5 Å². The number of halogens is 3. The van der Waals surface area contributed by atoms with Crippen molar-refractivity contribution in [2.75, 3.05) is 27.2 Å². The largest absolute Gasteiger partial charge is 0.493 e. The van der Waals surface area contributed by atoms with E-state index in [1.54, 1.807) is 31.2 Å². The monoisotopic (exact) mass is 541 g/mol. The molecule has 0 bridgehead atoms. The SMILES string of the molecule is Cc1oc(-c2ccc(C(F)(F)F)cc2)nc1CCOc1cccc(CN(CC(=O)O)S(=O)(=O)N(C)C)c1. The van der Waals surface area contributed by atoms with E-state index in [1.807, 2.05) is 0 Å². The van der Waals surface area contributed by atoms with Gasteiger partial charge >= 0.3 is 12.1 Å². The number of benzene rings is 2. The lowest BCUT2D eigenvalue weighted by Crippen LogP contribution is -2.42. The fourth-order valence-corrected chi connectivity index (χ4v) is 4.44. The molecule has 0 amide bonds. The first-order chi connectivity index (χ1) is 17.3. The van der Waals surface area contributed by atoms with Crippen LogP contribution in [0.5, 0.6) is 5.75 Å². The standard InChI is InChI=1S/C24H26F3N3O6S/c1-16-21(28-23(36-16)18-7-9-19(10-8-18)24(25,26)27)11-12-35-20-6-4-5-17(13-20)14-30(15-22(31)32)37(33,34)29(2)3/h4-10,13H,11-12,14-15H2,1-3H3,(H,31,32). The number of carboxylic acid groups (broad SMARTS) is 1. The van der Waals surface area contributed by atoms with Crippen molar-refractivity contribution in [2.24, 2.45) is 0 Å². The second-order valence-corrected chi connectivity index (χ2v) is 10.4. The summed E-state index contributed by atoms with van der Waals surface area (Å²) in [7, 11) is -1.33. The van der Waals surface area contributed by atoms with E-state index in [-0.39, 0.29) is 19.0 Å². The number of carboxylic acids is 1.